The summed E-state index contributed by atoms with van der Waals surface area (Å²) in [5.74, 6) is 1.55. The monoisotopic (exact) mass is 178 g/mol. The number of carbonyl (C=O) groups excluding carboxylic acids is 2. The van der Waals surface area contributed by atoms with Gasteiger partial charge in [0, 0.05) is 24.7 Å². The zero-order chi connectivity index (χ0) is 9.22. The van der Waals surface area contributed by atoms with Crippen LogP contribution in [0.5, 0.6) is 0 Å². The van der Waals surface area contributed by atoms with E-state index in [0.29, 0.717) is 17.5 Å². The van der Waals surface area contributed by atoms with Gasteiger partial charge in [0.05, 0.1) is 0 Å². The average Bonchev–Trinajstić information content (AvgIpc) is 1.96. The molecule has 0 amide bonds. The second-order valence-corrected chi connectivity index (χ2v) is 5.24. The second-order valence-electron chi connectivity index (χ2n) is 5.24. The van der Waals surface area contributed by atoms with Crippen molar-refractivity contribution in [1.82, 2.24) is 0 Å². The fourth-order valence-corrected chi connectivity index (χ4v) is 3.66. The fraction of sp³-hybridized carbons (Fsp3) is 0.818. The van der Waals surface area contributed by atoms with Crippen molar-refractivity contribution in [2.75, 3.05) is 0 Å². The summed E-state index contributed by atoms with van der Waals surface area (Å²) in [6, 6.07) is 0. The molecule has 0 radical (unpaired) electrons. The van der Waals surface area contributed by atoms with Gasteiger partial charge in [0.1, 0.15) is 11.6 Å². The predicted molar refractivity (Wildman–Crippen MR) is 47.1 cm³/mol. The quantitative estimate of drug-likeness (QED) is 0.564. The number of hydrogen-bond donors (Lipinski definition) is 0. The summed E-state index contributed by atoms with van der Waals surface area (Å²) in [7, 11) is 0. The maximum atomic E-state index is 11.6. The smallest absolute Gasteiger partial charge is 0.137 e. The summed E-state index contributed by atoms with van der Waals surface area (Å²) in [4.78, 5) is 23.2. The maximum Gasteiger partial charge on any atom is 0.137 e. The van der Waals surface area contributed by atoms with E-state index in [1.165, 1.54) is 0 Å². The molecule has 2 heteroatoms. The van der Waals surface area contributed by atoms with Crippen LogP contribution >= 0.6 is 0 Å². The van der Waals surface area contributed by atoms with Gasteiger partial charge in [0.25, 0.3) is 0 Å². The molecule has 0 heterocycles. The van der Waals surface area contributed by atoms with Gasteiger partial charge in [-0.1, -0.05) is 6.92 Å². The molecular formula is C11H14O2. The van der Waals surface area contributed by atoms with Gasteiger partial charge in [-0.05, 0) is 24.2 Å². The Morgan fingerprint density at radius 3 is 2.77 bits per heavy atom. The van der Waals surface area contributed by atoms with Crippen molar-refractivity contribution in [2.24, 2.45) is 23.2 Å². The van der Waals surface area contributed by atoms with E-state index < -0.39 is 0 Å². The Hall–Kier alpha value is -0.660. The minimum absolute atomic E-state index is 0.130. The van der Waals surface area contributed by atoms with Gasteiger partial charge in [-0.3, -0.25) is 9.59 Å². The Kier molecular flexibility index (Phi) is 1.21. The molecule has 4 unspecified atom stereocenters. The second kappa shape index (κ2) is 2.05. The van der Waals surface area contributed by atoms with Gasteiger partial charge in [-0.15, -0.1) is 0 Å². The molecule has 0 aromatic heterocycles. The fourth-order valence-electron chi connectivity index (χ4n) is 3.66. The lowest BCUT2D eigenvalue weighted by Gasteiger charge is -2.60. The van der Waals surface area contributed by atoms with Crippen molar-refractivity contribution in [3.63, 3.8) is 0 Å². The van der Waals surface area contributed by atoms with Crippen molar-refractivity contribution < 1.29 is 9.59 Å². The number of ketones is 2. The lowest BCUT2D eigenvalue weighted by molar-refractivity contribution is -0.172. The SMILES string of the molecule is CC12CCC(=O)C3C(CC31)C(=O)C2. The molecule has 0 aromatic rings. The molecule has 13 heavy (non-hydrogen) atoms. The van der Waals surface area contributed by atoms with Gasteiger partial charge in [-0.25, -0.2) is 0 Å². The summed E-state index contributed by atoms with van der Waals surface area (Å²) >= 11 is 0. The Bertz CT molecular complexity index is 307. The van der Waals surface area contributed by atoms with E-state index in [1.54, 1.807) is 0 Å². The van der Waals surface area contributed by atoms with Gasteiger partial charge in [-0.2, -0.15) is 0 Å². The summed E-state index contributed by atoms with van der Waals surface area (Å²) < 4.78 is 0. The Morgan fingerprint density at radius 1 is 1.31 bits per heavy atom. The molecule has 4 atom stereocenters. The number of hydrogen-bond acceptors (Lipinski definition) is 2. The van der Waals surface area contributed by atoms with Crippen molar-refractivity contribution >= 4 is 11.6 Å². The minimum atomic E-state index is 0.130. The zero-order valence-corrected chi connectivity index (χ0v) is 7.88. The largest absolute Gasteiger partial charge is 0.299 e. The third-order valence-corrected chi connectivity index (χ3v) is 4.58. The van der Waals surface area contributed by atoms with Crippen LogP contribution in [-0.4, -0.2) is 11.6 Å². The normalized spacial score (nSPS) is 53.2. The van der Waals surface area contributed by atoms with E-state index >= 15 is 0 Å². The zero-order valence-electron chi connectivity index (χ0n) is 7.88. The molecule has 70 valence electrons. The first-order valence-electron chi connectivity index (χ1n) is 5.17. The number of carbonyl (C=O) groups is 2. The Balaban J connectivity index is 2.03. The highest BCUT2D eigenvalue weighted by Gasteiger charge is 2.62. The van der Waals surface area contributed by atoms with Crippen LogP contribution in [0.15, 0.2) is 0 Å². The van der Waals surface area contributed by atoms with Crippen LogP contribution in [0.4, 0.5) is 0 Å². The van der Waals surface area contributed by atoms with E-state index in [1.807, 2.05) is 0 Å². The predicted octanol–water partition coefficient (Wildman–Crippen LogP) is 1.58. The third kappa shape index (κ3) is 0.749. The topological polar surface area (TPSA) is 34.1 Å². The molecule has 0 saturated heterocycles. The van der Waals surface area contributed by atoms with E-state index in [9.17, 15) is 9.59 Å². The van der Waals surface area contributed by atoms with E-state index in [4.69, 9.17) is 0 Å². The van der Waals surface area contributed by atoms with Crippen LogP contribution in [-0.2, 0) is 9.59 Å². The molecule has 3 aliphatic carbocycles. The Labute approximate surface area is 77.7 Å². The molecule has 2 nitrogen and oxygen atoms in total. The van der Waals surface area contributed by atoms with Crippen molar-refractivity contribution in [3.05, 3.63) is 0 Å². The van der Waals surface area contributed by atoms with Gasteiger partial charge in [0.2, 0.25) is 0 Å². The first-order valence-corrected chi connectivity index (χ1v) is 5.17. The summed E-state index contributed by atoms with van der Waals surface area (Å²) in [6.07, 6.45) is 3.42. The first kappa shape index (κ1) is 7.72. The van der Waals surface area contributed by atoms with Gasteiger partial charge >= 0.3 is 0 Å². The van der Waals surface area contributed by atoms with E-state index in [2.05, 4.69) is 6.92 Å². The van der Waals surface area contributed by atoms with Crippen LogP contribution in [0.1, 0.15) is 32.6 Å². The maximum absolute atomic E-state index is 11.6. The molecule has 3 saturated carbocycles. The van der Waals surface area contributed by atoms with E-state index in [-0.39, 0.29) is 17.3 Å². The Morgan fingerprint density at radius 2 is 2.08 bits per heavy atom. The van der Waals surface area contributed by atoms with Crippen LogP contribution < -0.4 is 0 Å². The van der Waals surface area contributed by atoms with Gasteiger partial charge in [0.15, 0.2) is 0 Å². The number of rotatable bonds is 0. The molecule has 4 bridgehead atoms. The summed E-state index contributed by atoms with van der Waals surface area (Å²) in [6.45, 7) is 2.20. The lowest BCUT2D eigenvalue weighted by atomic mass is 9.42. The van der Waals surface area contributed by atoms with Crippen LogP contribution in [0.3, 0.4) is 0 Å². The molecule has 0 spiro atoms. The molecule has 0 aliphatic heterocycles. The lowest BCUT2D eigenvalue weighted by Crippen LogP contribution is -2.61. The van der Waals surface area contributed by atoms with Gasteiger partial charge < -0.3 is 0 Å². The summed E-state index contributed by atoms with van der Waals surface area (Å²) in [5, 5.41) is 0. The molecule has 0 N–H and O–H groups in total. The standard InChI is InChI=1S/C11H14O2/c1-11-3-2-8(12)10-6(4-7(10)11)9(13)5-11/h6-7,10H,2-5H2,1H3. The average molecular weight is 178 g/mol. The number of Topliss-reactive ketones (excluding diaryl/α,β-unsaturated/α-hetero) is 2. The highest BCUT2D eigenvalue weighted by molar-refractivity contribution is 5.95. The summed E-state index contributed by atoms with van der Waals surface area (Å²) in [5.41, 5.74) is 0.185. The van der Waals surface area contributed by atoms with Crippen LogP contribution in [0.2, 0.25) is 0 Å². The molecule has 3 rings (SSSR count). The highest BCUT2D eigenvalue weighted by atomic mass is 16.1. The van der Waals surface area contributed by atoms with Crippen molar-refractivity contribution in [3.8, 4) is 0 Å². The molecule has 0 aromatic carbocycles. The van der Waals surface area contributed by atoms with Crippen LogP contribution in [0.25, 0.3) is 0 Å². The molecule has 3 aliphatic rings. The van der Waals surface area contributed by atoms with E-state index in [0.717, 1.165) is 25.7 Å². The molecule has 3 fully saturated rings. The highest BCUT2D eigenvalue weighted by Crippen LogP contribution is 2.62. The van der Waals surface area contributed by atoms with Crippen molar-refractivity contribution in [1.29, 1.82) is 0 Å². The minimum Gasteiger partial charge on any atom is -0.299 e. The van der Waals surface area contributed by atoms with Crippen molar-refractivity contribution in [2.45, 2.75) is 32.6 Å². The third-order valence-electron chi connectivity index (χ3n) is 4.58. The molecular weight excluding hydrogens is 164 g/mol. The first-order chi connectivity index (χ1) is 6.12. The van der Waals surface area contributed by atoms with Crippen LogP contribution in [0, 0.1) is 23.2 Å².